The third-order valence-electron chi connectivity index (χ3n) is 5.06. The number of ether oxygens (including phenoxy) is 3. The number of aliphatic hydroxyl groups is 1. The minimum atomic E-state index is -1.72. The number of allylic oxidation sites excluding steroid dienone is 4. The number of esters is 3. The number of hydrogen-bond donors (Lipinski definition) is 1. The van der Waals surface area contributed by atoms with E-state index in [9.17, 15) is 24.3 Å². The fourth-order valence-corrected chi connectivity index (χ4v) is 3.81. The summed E-state index contributed by atoms with van der Waals surface area (Å²) in [5.41, 5.74) is -1.80. The van der Waals surface area contributed by atoms with Crippen LogP contribution in [0.1, 0.15) is 66.2 Å². The molecule has 0 bridgehead atoms. The van der Waals surface area contributed by atoms with Gasteiger partial charge in [-0.2, -0.15) is 0 Å². The number of hydrogen-bond acceptors (Lipinski definition) is 8. The standard InChI is InChI=1S/C26H35ClO8/c1-5-7-8-9-10-11-15-26(32)17-21(27)25(31)20(26)16-23(35-19(4)29)22(34-18(3)28)13-12-14-24(30)33-6-2/h7-8,10-11,16-17,22-23,32H,5-6,9,12-15H2,1-4H3/b8-7+,11-10+,20-16+. The van der Waals surface area contributed by atoms with Gasteiger partial charge in [-0.1, -0.05) is 42.8 Å². The number of rotatable bonds is 14. The van der Waals surface area contributed by atoms with Crippen LogP contribution in [0.15, 0.2) is 47.1 Å². The molecule has 0 radical (unpaired) electrons. The van der Waals surface area contributed by atoms with Crippen molar-refractivity contribution in [3.05, 3.63) is 47.1 Å². The van der Waals surface area contributed by atoms with Crippen LogP contribution in [0.4, 0.5) is 0 Å². The van der Waals surface area contributed by atoms with Crippen LogP contribution in [0.3, 0.4) is 0 Å². The summed E-state index contributed by atoms with van der Waals surface area (Å²) < 4.78 is 15.6. The van der Waals surface area contributed by atoms with Gasteiger partial charge >= 0.3 is 17.9 Å². The molecule has 194 valence electrons. The number of Topliss-reactive ketones (excluding diaryl/α,β-unsaturated/α-hetero) is 1. The van der Waals surface area contributed by atoms with Gasteiger partial charge in [0.05, 0.1) is 11.6 Å². The summed E-state index contributed by atoms with van der Waals surface area (Å²) >= 11 is 6.06. The first kappa shape index (κ1) is 30.3. The van der Waals surface area contributed by atoms with E-state index in [1.165, 1.54) is 26.0 Å². The van der Waals surface area contributed by atoms with Crippen LogP contribution in [-0.4, -0.2) is 53.2 Å². The van der Waals surface area contributed by atoms with Crippen molar-refractivity contribution < 1.29 is 38.5 Å². The third kappa shape index (κ3) is 10.6. The maximum Gasteiger partial charge on any atom is 0.305 e. The second-order valence-electron chi connectivity index (χ2n) is 8.04. The number of ketones is 1. The molecular formula is C26H35ClO8. The van der Waals surface area contributed by atoms with Crippen LogP contribution < -0.4 is 0 Å². The molecule has 1 N–H and O–H groups in total. The summed E-state index contributed by atoms with van der Waals surface area (Å²) in [4.78, 5) is 48.0. The highest BCUT2D eigenvalue weighted by atomic mass is 35.5. The Kier molecular flexibility index (Phi) is 13.3. The highest BCUT2D eigenvalue weighted by Gasteiger charge is 2.42. The zero-order valence-corrected chi connectivity index (χ0v) is 21.5. The van der Waals surface area contributed by atoms with Crippen molar-refractivity contribution in [3.8, 4) is 0 Å². The Morgan fingerprint density at radius 1 is 1.09 bits per heavy atom. The van der Waals surface area contributed by atoms with E-state index in [0.29, 0.717) is 6.42 Å². The van der Waals surface area contributed by atoms with Gasteiger partial charge in [0.15, 0.2) is 6.10 Å². The lowest BCUT2D eigenvalue weighted by Gasteiger charge is -2.27. The predicted molar refractivity (Wildman–Crippen MR) is 131 cm³/mol. The van der Waals surface area contributed by atoms with Crippen LogP contribution in [0, 0.1) is 0 Å². The molecule has 3 atom stereocenters. The summed E-state index contributed by atoms with van der Waals surface area (Å²) in [5, 5.41) is 11.1. The van der Waals surface area contributed by atoms with Crippen LogP contribution in [0.25, 0.3) is 0 Å². The predicted octanol–water partition coefficient (Wildman–Crippen LogP) is 4.25. The molecule has 0 heterocycles. The Morgan fingerprint density at radius 2 is 1.74 bits per heavy atom. The van der Waals surface area contributed by atoms with E-state index in [-0.39, 0.29) is 42.9 Å². The van der Waals surface area contributed by atoms with Gasteiger partial charge in [-0.25, -0.2) is 0 Å². The van der Waals surface area contributed by atoms with Gasteiger partial charge in [0.2, 0.25) is 5.78 Å². The van der Waals surface area contributed by atoms with Gasteiger partial charge in [-0.3, -0.25) is 19.2 Å². The van der Waals surface area contributed by atoms with Crippen LogP contribution in [-0.2, 0) is 33.4 Å². The fraction of sp³-hybridized carbons (Fsp3) is 0.538. The smallest absolute Gasteiger partial charge is 0.305 e. The molecule has 8 nitrogen and oxygen atoms in total. The van der Waals surface area contributed by atoms with Gasteiger partial charge in [0.25, 0.3) is 0 Å². The normalized spacial score (nSPS) is 20.8. The van der Waals surface area contributed by atoms with Crippen molar-refractivity contribution in [2.75, 3.05) is 6.61 Å². The summed E-state index contributed by atoms with van der Waals surface area (Å²) in [6.07, 6.45) is 10.1. The SMILES string of the molecule is CC/C=C/C/C=C/CC1(O)C=C(Cl)C(=O)/C1=C\C(OC(C)=O)C(CCCC(=O)OCC)OC(C)=O. The average Bonchev–Trinajstić information content (AvgIpc) is 2.97. The minimum absolute atomic E-state index is 0.0641. The molecule has 1 aliphatic carbocycles. The van der Waals surface area contributed by atoms with E-state index in [1.54, 1.807) is 13.0 Å². The summed E-state index contributed by atoms with van der Waals surface area (Å²) in [6, 6.07) is 0. The van der Waals surface area contributed by atoms with Crippen LogP contribution >= 0.6 is 11.6 Å². The number of halogens is 1. The van der Waals surface area contributed by atoms with Gasteiger partial charge < -0.3 is 19.3 Å². The first-order chi connectivity index (χ1) is 16.5. The molecule has 1 aliphatic rings. The largest absolute Gasteiger partial charge is 0.466 e. The molecule has 0 saturated heterocycles. The maximum absolute atomic E-state index is 12.8. The van der Waals surface area contributed by atoms with E-state index in [0.717, 1.165) is 6.42 Å². The van der Waals surface area contributed by atoms with E-state index >= 15 is 0 Å². The van der Waals surface area contributed by atoms with Crippen molar-refractivity contribution in [1.82, 2.24) is 0 Å². The number of carbonyl (C=O) groups is 4. The van der Waals surface area contributed by atoms with Crippen molar-refractivity contribution in [2.45, 2.75) is 84.0 Å². The molecule has 0 amide bonds. The molecule has 35 heavy (non-hydrogen) atoms. The van der Waals surface area contributed by atoms with E-state index in [2.05, 4.69) is 0 Å². The first-order valence-corrected chi connectivity index (χ1v) is 12.1. The van der Waals surface area contributed by atoms with Gasteiger partial charge in [-0.15, -0.1) is 0 Å². The second kappa shape index (κ2) is 15.3. The fourth-order valence-electron chi connectivity index (χ4n) is 3.53. The Balaban J connectivity index is 3.21. The molecule has 0 saturated carbocycles. The summed E-state index contributed by atoms with van der Waals surface area (Å²) in [6.45, 7) is 6.33. The Labute approximate surface area is 211 Å². The third-order valence-corrected chi connectivity index (χ3v) is 5.34. The lowest BCUT2D eigenvalue weighted by Crippen LogP contribution is -2.36. The molecule has 3 unspecified atom stereocenters. The molecule has 9 heteroatoms. The van der Waals surface area contributed by atoms with Gasteiger partial charge in [-0.05, 0) is 44.8 Å². The van der Waals surface area contributed by atoms with Gasteiger partial charge in [0.1, 0.15) is 11.7 Å². The van der Waals surface area contributed by atoms with Crippen LogP contribution in [0.5, 0.6) is 0 Å². The molecule has 0 spiro atoms. The average molecular weight is 511 g/mol. The second-order valence-corrected chi connectivity index (χ2v) is 8.44. The molecule has 0 aromatic carbocycles. The summed E-state index contributed by atoms with van der Waals surface area (Å²) in [7, 11) is 0. The Bertz CT molecular complexity index is 886. The minimum Gasteiger partial charge on any atom is -0.466 e. The van der Waals surface area contributed by atoms with E-state index in [4.69, 9.17) is 25.8 Å². The van der Waals surface area contributed by atoms with E-state index in [1.807, 2.05) is 25.2 Å². The van der Waals surface area contributed by atoms with Gasteiger partial charge in [0, 0.05) is 32.3 Å². The topological polar surface area (TPSA) is 116 Å². The highest BCUT2D eigenvalue weighted by Crippen LogP contribution is 2.37. The van der Waals surface area contributed by atoms with Crippen molar-refractivity contribution in [2.24, 2.45) is 0 Å². The molecule has 0 aromatic heterocycles. The maximum atomic E-state index is 12.8. The zero-order valence-electron chi connectivity index (χ0n) is 20.8. The monoisotopic (exact) mass is 510 g/mol. The van der Waals surface area contributed by atoms with Crippen molar-refractivity contribution >= 4 is 35.3 Å². The summed E-state index contributed by atoms with van der Waals surface area (Å²) in [5.74, 6) is -2.33. The lowest BCUT2D eigenvalue weighted by molar-refractivity contribution is -0.162. The Morgan fingerprint density at radius 3 is 2.34 bits per heavy atom. The molecule has 0 aromatic rings. The lowest BCUT2D eigenvalue weighted by atomic mass is 9.90. The van der Waals surface area contributed by atoms with E-state index < -0.39 is 41.5 Å². The molecule has 0 aliphatic heterocycles. The number of carbonyl (C=O) groups excluding carboxylic acids is 4. The molecule has 1 rings (SSSR count). The quantitative estimate of drug-likeness (QED) is 0.159. The first-order valence-electron chi connectivity index (χ1n) is 11.7. The zero-order chi connectivity index (χ0) is 26.4. The molecule has 0 fully saturated rings. The molecular weight excluding hydrogens is 476 g/mol. The van der Waals surface area contributed by atoms with Crippen LogP contribution in [0.2, 0.25) is 0 Å². The van der Waals surface area contributed by atoms with Crippen molar-refractivity contribution in [3.63, 3.8) is 0 Å². The highest BCUT2D eigenvalue weighted by molar-refractivity contribution is 6.46. The Hall–Kier alpha value is -2.71. The van der Waals surface area contributed by atoms with Crippen molar-refractivity contribution in [1.29, 1.82) is 0 Å².